The van der Waals surface area contributed by atoms with Crippen molar-refractivity contribution < 1.29 is 18.3 Å². The normalized spacial score (nSPS) is 16.7. The summed E-state index contributed by atoms with van der Waals surface area (Å²) in [6, 6.07) is 5.59. The first kappa shape index (κ1) is 23.2. The molecule has 0 atom stereocenters. The molecule has 0 aliphatic carbocycles. The van der Waals surface area contributed by atoms with E-state index in [-0.39, 0.29) is 18.4 Å². The summed E-state index contributed by atoms with van der Waals surface area (Å²) in [5.41, 5.74) is -0.233. The molecule has 2 N–H and O–H groups in total. The molecule has 1 saturated heterocycles. The lowest BCUT2D eigenvalue weighted by Crippen LogP contribution is -2.37. The lowest BCUT2D eigenvalue weighted by atomic mass is 9.94. The number of hydrogen-bond acceptors (Lipinski definition) is 7. The number of nitrogens with zero attached hydrogens (tertiary/aromatic N) is 3. The maximum atomic E-state index is 13.0. The zero-order valence-corrected chi connectivity index (χ0v) is 19.6. The molecule has 0 bridgehead atoms. The second-order valence-corrected chi connectivity index (χ2v) is 12.0. The highest BCUT2D eigenvalue weighted by Crippen LogP contribution is 2.31. The Labute approximate surface area is 185 Å². The average Bonchev–Trinajstić information content (AvgIpc) is 3.31. The summed E-state index contributed by atoms with van der Waals surface area (Å²) in [6.07, 6.45) is 2.50. The number of halogens is 1. The summed E-state index contributed by atoms with van der Waals surface area (Å²) in [4.78, 5) is 14.0. The average molecular weight is 475 g/mol. The van der Waals surface area contributed by atoms with E-state index in [1.807, 2.05) is 18.2 Å². The predicted molar refractivity (Wildman–Crippen MR) is 119 cm³/mol. The Morgan fingerprint density at radius 1 is 1.37 bits per heavy atom. The molecule has 1 aliphatic rings. The van der Waals surface area contributed by atoms with E-state index >= 15 is 0 Å². The molecule has 11 heteroatoms. The number of sulfonamides is 1. The molecule has 1 aliphatic heterocycles. The molecule has 8 nitrogen and oxygen atoms in total. The third kappa shape index (κ3) is 5.23. The van der Waals surface area contributed by atoms with Crippen molar-refractivity contribution in [2.24, 2.45) is 5.41 Å². The van der Waals surface area contributed by atoms with Crippen LogP contribution in [0.3, 0.4) is 0 Å². The molecule has 2 aromatic heterocycles. The summed E-state index contributed by atoms with van der Waals surface area (Å²) in [5.74, 6) is 0.300. The van der Waals surface area contributed by atoms with Crippen LogP contribution in [-0.4, -0.2) is 59.5 Å². The van der Waals surface area contributed by atoms with E-state index in [4.69, 9.17) is 11.6 Å². The number of aromatic nitrogens is 2. The minimum Gasteiger partial charge on any atom is -0.395 e. The van der Waals surface area contributed by atoms with Crippen molar-refractivity contribution in [3.05, 3.63) is 33.1 Å². The van der Waals surface area contributed by atoms with E-state index in [1.165, 1.54) is 26.6 Å². The molecular formula is C19H27ClN4O4S2. The number of nitrogens with one attached hydrogen (secondary N) is 1. The van der Waals surface area contributed by atoms with Crippen molar-refractivity contribution in [1.29, 1.82) is 0 Å². The van der Waals surface area contributed by atoms with Crippen molar-refractivity contribution in [3.63, 3.8) is 0 Å². The van der Waals surface area contributed by atoms with Gasteiger partial charge in [-0.2, -0.15) is 9.78 Å². The number of aliphatic hydroxyl groups excluding tert-OH is 1. The van der Waals surface area contributed by atoms with Crippen LogP contribution in [0.15, 0.2) is 18.2 Å². The lowest BCUT2D eigenvalue weighted by molar-refractivity contribution is 0.0615. The molecule has 3 rings (SSSR count). The van der Waals surface area contributed by atoms with Gasteiger partial charge in [0.2, 0.25) is 10.0 Å². The monoisotopic (exact) mass is 474 g/mol. The zero-order valence-electron chi connectivity index (χ0n) is 17.3. The molecule has 0 amide bonds. The van der Waals surface area contributed by atoms with Gasteiger partial charge in [0.05, 0.1) is 34.9 Å². The number of aliphatic hydroxyl groups is 1. The van der Waals surface area contributed by atoms with Crippen LogP contribution in [0, 0.1) is 5.41 Å². The van der Waals surface area contributed by atoms with E-state index in [0.717, 1.165) is 10.6 Å². The van der Waals surface area contributed by atoms with E-state index < -0.39 is 15.4 Å². The van der Waals surface area contributed by atoms with Gasteiger partial charge in [-0.15, -0.1) is 11.3 Å². The third-order valence-electron chi connectivity index (χ3n) is 5.31. The standard InChI is InChI=1S/C19H27ClN4O4S2/c1-19(2,12-25)18(26)24-17(21-11-14-4-5-16(20)29-14)10-15(22-24)13-6-8-23(9-7-13)30(3,27)28/h4-5,10,13,21,25H,6-9,11-12H2,1-3H3. The third-order valence-corrected chi connectivity index (χ3v) is 7.84. The summed E-state index contributed by atoms with van der Waals surface area (Å²) >= 11 is 7.45. The first-order valence-electron chi connectivity index (χ1n) is 9.70. The Balaban J connectivity index is 1.83. The van der Waals surface area contributed by atoms with E-state index in [2.05, 4.69) is 10.4 Å². The van der Waals surface area contributed by atoms with Gasteiger partial charge in [-0.3, -0.25) is 4.79 Å². The van der Waals surface area contributed by atoms with Gasteiger partial charge >= 0.3 is 0 Å². The molecule has 3 heterocycles. The summed E-state index contributed by atoms with van der Waals surface area (Å²) in [5, 5.41) is 17.4. The highest BCUT2D eigenvalue weighted by molar-refractivity contribution is 7.88. The largest absolute Gasteiger partial charge is 0.395 e. The molecule has 30 heavy (non-hydrogen) atoms. The fourth-order valence-electron chi connectivity index (χ4n) is 3.34. The Hall–Kier alpha value is -1.46. The van der Waals surface area contributed by atoms with E-state index in [9.17, 15) is 18.3 Å². The van der Waals surface area contributed by atoms with Crippen LogP contribution in [0.1, 0.15) is 48.0 Å². The van der Waals surface area contributed by atoms with Crippen LogP contribution < -0.4 is 5.32 Å². The van der Waals surface area contributed by atoms with Crippen LogP contribution in [-0.2, 0) is 16.6 Å². The molecular weight excluding hydrogens is 448 g/mol. The van der Waals surface area contributed by atoms with Gasteiger partial charge in [0.15, 0.2) is 0 Å². The molecule has 166 valence electrons. The SMILES string of the molecule is CC(C)(CO)C(=O)n1nc(C2CCN(S(C)(=O)=O)CC2)cc1NCc1ccc(Cl)s1. The zero-order chi connectivity index (χ0) is 22.1. The lowest BCUT2D eigenvalue weighted by Gasteiger charge is -2.29. The second kappa shape index (κ2) is 8.96. The predicted octanol–water partition coefficient (Wildman–Crippen LogP) is 3.01. The molecule has 0 saturated carbocycles. The summed E-state index contributed by atoms with van der Waals surface area (Å²) < 4.78 is 27.0. The maximum Gasteiger partial charge on any atom is 0.256 e. The minimum absolute atomic E-state index is 0.0611. The second-order valence-electron chi connectivity index (χ2n) is 8.21. The van der Waals surface area contributed by atoms with Crippen LogP contribution in [0.5, 0.6) is 0 Å². The Morgan fingerprint density at radius 2 is 2.03 bits per heavy atom. The molecule has 2 aromatic rings. The smallest absolute Gasteiger partial charge is 0.256 e. The van der Waals surface area contributed by atoms with E-state index in [0.29, 0.717) is 42.6 Å². The molecule has 0 aromatic carbocycles. The van der Waals surface area contributed by atoms with Crippen molar-refractivity contribution in [2.45, 2.75) is 39.2 Å². The van der Waals surface area contributed by atoms with Crippen molar-refractivity contribution in [3.8, 4) is 0 Å². The molecule has 0 radical (unpaired) electrons. The minimum atomic E-state index is -3.20. The van der Waals surface area contributed by atoms with Gasteiger partial charge in [-0.1, -0.05) is 11.6 Å². The van der Waals surface area contributed by atoms with Crippen LogP contribution in [0.25, 0.3) is 0 Å². The van der Waals surface area contributed by atoms with Gasteiger partial charge in [0, 0.05) is 30.0 Å². The highest BCUT2D eigenvalue weighted by Gasteiger charge is 2.33. The summed E-state index contributed by atoms with van der Waals surface area (Å²) in [6.45, 7) is 4.40. The van der Waals surface area contributed by atoms with Gasteiger partial charge in [-0.05, 0) is 38.8 Å². The Kier molecular flexibility index (Phi) is 6.93. The quantitative estimate of drug-likeness (QED) is 0.639. The first-order chi connectivity index (χ1) is 14.0. The number of piperidine rings is 1. The van der Waals surface area contributed by atoms with Crippen LogP contribution in [0.2, 0.25) is 4.34 Å². The number of rotatable bonds is 7. The fraction of sp³-hybridized carbons (Fsp3) is 0.579. The molecule has 0 spiro atoms. The first-order valence-corrected chi connectivity index (χ1v) is 12.7. The molecule has 1 fully saturated rings. The Bertz CT molecular complexity index is 1010. The summed E-state index contributed by atoms with van der Waals surface area (Å²) in [7, 11) is -3.20. The highest BCUT2D eigenvalue weighted by atomic mass is 35.5. The molecule has 0 unspecified atom stereocenters. The number of carbonyl (C=O) groups excluding carboxylic acids is 1. The van der Waals surface area contributed by atoms with Crippen molar-refractivity contribution in [1.82, 2.24) is 14.1 Å². The maximum absolute atomic E-state index is 13.0. The van der Waals surface area contributed by atoms with Gasteiger partial charge in [0.1, 0.15) is 5.82 Å². The van der Waals surface area contributed by atoms with Gasteiger partial charge in [-0.25, -0.2) is 12.7 Å². The van der Waals surface area contributed by atoms with Crippen molar-refractivity contribution in [2.75, 3.05) is 31.3 Å². The Morgan fingerprint density at radius 3 is 2.57 bits per heavy atom. The van der Waals surface area contributed by atoms with Gasteiger partial charge in [0.25, 0.3) is 5.91 Å². The number of hydrogen-bond donors (Lipinski definition) is 2. The van der Waals surface area contributed by atoms with Crippen LogP contribution >= 0.6 is 22.9 Å². The van der Waals surface area contributed by atoms with Gasteiger partial charge < -0.3 is 10.4 Å². The van der Waals surface area contributed by atoms with Crippen LogP contribution in [0.4, 0.5) is 5.82 Å². The van der Waals surface area contributed by atoms with Crippen molar-refractivity contribution >= 4 is 44.7 Å². The fourth-order valence-corrected chi connectivity index (χ4v) is 5.24. The van der Waals surface area contributed by atoms with E-state index in [1.54, 1.807) is 13.8 Å². The number of thiophene rings is 1. The topological polar surface area (TPSA) is 105 Å². The number of carbonyl (C=O) groups is 1. The number of anilines is 1.